The number of unbranched alkanes of at least 4 members (excludes halogenated alkanes) is 13. The molecule has 26 heteroatoms. The third-order valence-electron chi connectivity index (χ3n) is 15.9. The zero-order chi connectivity index (χ0) is 68.5. The van der Waals surface area contributed by atoms with Crippen molar-refractivity contribution in [3.63, 3.8) is 0 Å². The smallest absolute Gasteiger partial charge is 0.251 e. The van der Waals surface area contributed by atoms with Crippen molar-refractivity contribution < 1.29 is 58.2 Å². The molecule has 0 spiro atoms. The van der Waals surface area contributed by atoms with Gasteiger partial charge in [0, 0.05) is 24.9 Å². The van der Waals surface area contributed by atoms with Crippen LogP contribution in [0.25, 0.3) is 0 Å². The molecule has 2 rings (SSSR count). The Hall–Kier alpha value is -5.72. The van der Waals surface area contributed by atoms with E-state index in [9.17, 15) is 58.2 Å². The van der Waals surface area contributed by atoms with Crippen LogP contribution in [0.1, 0.15) is 205 Å². The summed E-state index contributed by atoms with van der Waals surface area (Å²) in [5.41, 5.74) is 18.4. The average Bonchev–Trinajstić information content (AvgIpc) is 1.75. The molecule has 0 unspecified atom stereocenters. The van der Waals surface area contributed by atoms with Crippen molar-refractivity contribution in [1.82, 2.24) is 47.9 Å². The van der Waals surface area contributed by atoms with E-state index in [1.165, 1.54) is 51.9 Å². The number of benzene rings is 2. The van der Waals surface area contributed by atoms with Crippen LogP contribution in [-0.4, -0.2) is 144 Å². The number of halogens is 2. The Labute approximate surface area is 572 Å². The summed E-state index contributed by atoms with van der Waals surface area (Å²) < 4.78 is 0.867. The van der Waals surface area contributed by atoms with E-state index in [2.05, 4.69) is 54.8 Å². The van der Waals surface area contributed by atoms with Gasteiger partial charge in [-0.2, -0.15) is 0 Å². The minimum atomic E-state index is -1.68. The van der Waals surface area contributed by atoms with Gasteiger partial charge in [0.05, 0.1) is 19.8 Å². The van der Waals surface area contributed by atoms with Crippen molar-refractivity contribution in [2.24, 2.45) is 29.0 Å². The number of aromatic hydroxyl groups is 1. The number of phenols is 1. The SMILES string of the molecule is CCCCCCCCCCCCCC(=O)NCC(=O)N[C@@H](CC(C)C)C(=O)N[C@H](C(=O)N[C@@H](Cc1cc(I)c(O)c(I)c1)C(=O)N[C@H](CCCCN)C(=O)N[C@@H](CCCCN)C(=O)N[C@H](C(=O)N[C@@H](CCCCNC(=O)c1ccccc1)C(N)=O)[C@@H](C)CC)[C@@H](C)O. The standard InChI is InChI=1S/C66H108I2N12O12/c1-7-9-10-11-12-13-14-15-16-17-21-33-54(82)73-41-55(83)74-52(37-42(3)4)64(90)80-57(44(6)81)66(92)78-53(40-45-38-47(67)58(84)48(68)39-45)63(89)77-50(31-22-25-34-69)61(87)76-51(32-23-26-35-70)62(88)79-56(43(5)8-2)65(91)75-49(59(71)85)30-24-27-36-72-60(86)46-28-19-18-20-29-46/h18-20,28-29,38-39,42-44,49-53,56-57,81,84H,7-17,21-27,30-37,40-41,69-70H2,1-6H3,(H2,71,85)(H,72,86)(H,73,82)(H,74,83)(H,75,91)(H,76,87)(H,77,89)(H,78,92)(H,79,88)(H,80,90)/t43-,44+,49-,50+,51-,52-,53-,56-,57-/m0/s1. The van der Waals surface area contributed by atoms with E-state index < -0.39 is 108 Å². The normalized spacial score (nSPS) is 14.2. The number of hydrogen-bond donors (Lipinski definition) is 14. The summed E-state index contributed by atoms with van der Waals surface area (Å²) in [7, 11) is 0. The Morgan fingerprint density at radius 2 is 0.978 bits per heavy atom. The molecular formula is C66H108I2N12O12. The van der Waals surface area contributed by atoms with E-state index in [1.54, 1.807) is 49.4 Å². The minimum Gasteiger partial charge on any atom is -0.506 e. The van der Waals surface area contributed by atoms with Crippen molar-refractivity contribution in [2.75, 3.05) is 26.2 Å². The maximum atomic E-state index is 14.8. The summed E-state index contributed by atoms with van der Waals surface area (Å²) in [5.74, 6) is -7.46. The summed E-state index contributed by atoms with van der Waals surface area (Å²) in [6, 6.07) is 2.62. The second kappa shape index (κ2) is 47.2. The number of hydrogen-bond acceptors (Lipinski definition) is 14. The van der Waals surface area contributed by atoms with E-state index >= 15 is 0 Å². The molecule has 0 radical (unpaired) electrons. The molecule has 0 bridgehead atoms. The van der Waals surface area contributed by atoms with Crippen molar-refractivity contribution in [3.05, 3.63) is 60.7 Å². The lowest BCUT2D eigenvalue weighted by Crippen LogP contribution is -2.62. The number of aliphatic hydroxyl groups excluding tert-OH is 1. The number of aliphatic hydroxyl groups is 1. The molecule has 2 aromatic rings. The van der Waals surface area contributed by atoms with Crippen molar-refractivity contribution in [1.29, 1.82) is 0 Å². The lowest BCUT2D eigenvalue weighted by molar-refractivity contribution is -0.137. The molecule has 2 aromatic carbocycles. The third-order valence-corrected chi connectivity index (χ3v) is 17.5. The molecule has 10 amide bonds. The van der Waals surface area contributed by atoms with Crippen LogP contribution >= 0.6 is 45.2 Å². The number of carbonyl (C=O) groups excluding carboxylic acids is 10. The predicted molar refractivity (Wildman–Crippen MR) is 373 cm³/mol. The van der Waals surface area contributed by atoms with E-state index in [1.807, 2.05) is 66.0 Å². The van der Waals surface area contributed by atoms with E-state index in [-0.39, 0.29) is 75.1 Å². The number of nitrogens with one attached hydrogen (secondary N) is 9. The number of primary amides is 1. The van der Waals surface area contributed by atoms with Gasteiger partial charge in [-0.05, 0) is 177 Å². The van der Waals surface area contributed by atoms with Gasteiger partial charge >= 0.3 is 0 Å². The first kappa shape index (κ1) is 82.4. The Kier molecular flexibility index (Phi) is 42.3. The molecule has 0 heterocycles. The second-order valence-corrected chi connectivity index (χ2v) is 26.7. The molecule has 0 aliphatic heterocycles. The molecule has 0 fully saturated rings. The molecule has 92 heavy (non-hydrogen) atoms. The Morgan fingerprint density at radius 3 is 1.50 bits per heavy atom. The van der Waals surface area contributed by atoms with E-state index in [4.69, 9.17) is 17.2 Å². The lowest BCUT2D eigenvalue weighted by Gasteiger charge is -2.29. The zero-order valence-electron chi connectivity index (χ0n) is 55.1. The molecule has 518 valence electrons. The maximum Gasteiger partial charge on any atom is 0.251 e. The molecule has 0 aromatic heterocycles. The second-order valence-electron chi connectivity index (χ2n) is 24.4. The number of rotatable bonds is 49. The Morgan fingerprint density at radius 1 is 0.511 bits per heavy atom. The topological polar surface area (TPSA) is 397 Å². The Bertz CT molecular complexity index is 2580. The highest BCUT2D eigenvalue weighted by molar-refractivity contribution is 14.1. The van der Waals surface area contributed by atoms with Crippen LogP contribution in [0.4, 0.5) is 0 Å². The summed E-state index contributed by atoms with van der Waals surface area (Å²) >= 11 is 3.85. The Balaban J connectivity index is 2.34. The van der Waals surface area contributed by atoms with Gasteiger partial charge < -0.3 is 75.3 Å². The van der Waals surface area contributed by atoms with Crippen LogP contribution in [0.2, 0.25) is 0 Å². The first-order chi connectivity index (χ1) is 43.9. The van der Waals surface area contributed by atoms with Crippen molar-refractivity contribution >= 4 is 104 Å². The van der Waals surface area contributed by atoms with Gasteiger partial charge in [-0.3, -0.25) is 47.9 Å². The molecule has 17 N–H and O–H groups in total. The number of carbonyl (C=O) groups is 10. The van der Waals surface area contributed by atoms with Gasteiger partial charge in [0.1, 0.15) is 48.0 Å². The van der Waals surface area contributed by atoms with Crippen LogP contribution in [0.15, 0.2) is 42.5 Å². The fourth-order valence-corrected chi connectivity index (χ4v) is 12.1. The molecule has 0 aliphatic carbocycles. The highest BCUT2D eigenvalue weighted by atomic mass is 127. The monoisotopic (exact) mass is 1510 g/mol. The highest BCUT2D eigenvalue weighted by Gasteiger charge is 2.36. The van der Waals surface area contributed by atoms with Gasteiger partial charge in [-0.1, -0.05) is 123 Å². The average molecular weight is 1520 g/mol. The van der Waals surface area contributed by atoms with Crippen LogP contribution in [0, 0.1) is 19.0 Å². The molecule has 0 saturated carbocycles. The molecule has 0 aliphatic rings. The van der Waals surface area contributed by atoms with Crippen LogP contribution in [-0.2, 0) is 49.6 Å². The molecule has 24 nitrogen and oxygen atoms in total. The summed E-state index contributed by atoms with van der Waals surface area (Å²) in [5, 5.41) is 46.1. The van der Waals surface area contributed by atoms with Gasteiger partial charge in [0.15, 0.2) is 0 Å². The van der Waals surface area contributed by atoms with Crippen molar-refractivity contribution in [3.8, 4) is 5.75 Å². The van der Waals surface area contributed by atoms with Gasteiger partial charge in [-0.15, -0.1) is 0 Å². The predicted octanol–water partition coefficient (Wildman–Crippen LogP) is 5.17. The largest absolute Gasteiger partial charge is 0.506 e. The lowest BCUT2D eigenvalue weighted by atomic mass is 9.96. The van der Waals surface area contributed by atoms with Gasteiger partial charge in [0.2, 0.25) is 53.2 Å². The van der Waals surface area contributed by atoms with Crippen molar-refractivity contribution in [2.45, 2.75) is 244 Å². The first-order valence-electron chi connectivity index (χ1n) is 33.1. The summed E-state index contributed by atoms with van der Waals surface area (Å²) in [6.45, 7) is 11.1. The maximum absolute atomic E-state index is 14.8. The van der Waals surface area contributed by atoms with Crippen LogP contribution in [0.3, 0.4) is 0 Å². The number of phenolic OH excluding ortho intramolecular Hbond substituents is 1. The van der Waals surface area contributed by atoms with E-state index in [0.717, 1.165) is 19.3 Å². The van der Waals surface area contributed by atoms with Gasteiger partial charge in [0.25, 0.3) is 5.91 Å². The summed E-state index contributed by atoms with van der Waals surface area (Å²) in [6.07, 6.45) is 14.2. The number of nitrogens with two attached hydrogens (primary N) is 3. The van der Waals surface area contributed by atoms with Gasteiger partial charge in [-0.25, -0.2) is 0 Å². The zero-order valence-corrected chi connectivity index (χ0v) is 59.4. The molecular weight excluding hydrogens is 1410 g/mol. The third kappa shape index (κ3) is 33.4. The quantitative estimate of drug-likeness (QED) is 0.0300. The van der Waals surface area contributed by atoms with Crippen LogP contribution < -0.4 is 65.1 Å². The first-order valence-corrected chi connectivity index (χ1v) is 35.3. The summed E-state index contributed by atoms with van der Waals surface area (Å²) in [4.78, 5) is 137. The van der Waals surface area contributed by atoms with E-state index in [0.29, 0.717) is 76.2 Å². The molecule has 9 atom stereocenters. The fourth-order valence-electron chi connectivity index (χ4n) is 10.2. The molecule has 0 saturated heterocycles. The fraction of sp³-hybridized carbons (Fsp3) is 0.667. The highest BCUT2D eigenvalue weighted by Crippen LogP contribution is 2.28. The minimum absolute atomic E-state index is 0.0100. The van der Waals surface area contributed by atoms with Crippen LogP contribution in [0.5, 0.6) is 5.75 Å². The number of amides is 10.